The molecule has 0 saturated carbocycles. The molecule has 2 N–H and O–H groups in total. The average Bonchev–Trinajstić information content (AvgIpc) is 2.71. The van der Waals surface area contributed by atoms with Crippen molar-refractivity contribution in [1.29, 1.82) is 0 Å². The van der Waals surface area contributed by atoms with Crippen LogP contribution in [0.15, 0.2) is 0 Å². The van der Waals surface area contributed by atoms with E-state index in [0.717, 1.165) is 16.7 Å². The predicted octanol–water partition coefficient (Wildman–Crippen LogP) is 1.37. The van der Waals surface area contributed by atoms with E-state index in [1.54, 1.807) is 0 Å². The van der Waals surface area contributed by atoms with Gasteiger partial charge in [0.25, 0.3) is 10.3 Å². The van der Waals surface area contributed by atoms with Crippen LogP contribution in [-0.4, -0.2) is 51.0 Å². The Labute approximate surface area is 119 Å². The Morgan fingerprint density at radius 3 is 2.75 bits per heavy atom. The Morgan fingerprint density at radius 2 is 2.35 bits per heavy atom. The maximum absolute atomic E-state index is 11.4. The van der Waals surface area contributed by atoms with Crippen molar-refractivity contribution in [3.05, 3.63) is 10.1 Å². The Bertz CT molecular complexity index is 391. The zero-order valence-corrected chi connectivity index (χ0v) is 12.0. The highest BCUT2D eigenvalue weighted by molar-refractivity contribution is 8.13. The fourth-order valence-electron chi connectivity index (χ4n) is 2.02. The van der Waals surface area contributed by atoms with Crippen LogP contribution in [-0.2, 0) is 4.84 Å². The van der Waals surface area contributed by atoms with Gasteiger partial charge in [-0.15, -0.1) is 10.1 Å². The van der Waals surface area contributed by atoms with Crippen molar-refractivity contribution < 1.29 is 24.6 Å². The smallest absolute Gasteiger partial charge is 0.409 e. The molecule has 1 heterocycles. The average molecular weight is 307 g/mol. The number of hydrogen-bond acceptors (Lipinski definition) is 6. The highest BCUT2D eigenvalue weighted by Crippen LogP contribution is 2.21. The fraction of sp³-hybridized carbons (Fsp3) is 0.800. The highest BCUT2D eigenvalue weighted by Gasteiger charge is 2.36. The molecule has 1 rings (SSSR count). The zero-order chi connectivity index (χ0) is 15.3. The summed E-state index contributed by atoms with van der Waals surface area (Å²) in [4.78, 5) is 38.2. The summed E-state index contributed by atoms with van der Waals surface area (Å²) in [6.07, 6.45) is -1.53. The van der Waals surface area contributed by atoms with Crippen molar-refractivity contribution in [2.45, 2.75) is 32.5 Å². The van der Waals surface area contributed by atoms with E-state index in [1.807, 2.05) is 13.8 Å². The van der Waals surface area contributed by atoms with Crippen molar-refractivity contribution >= 4 is 23.1 Å². The van der Waals surface area contributed by atoms with Crippen molar-refractivity contribution in [1.82, 2.24) is 10.2 Å². The topological polar surface area (TPSA) is 122 Å². The molecule has 20 heavy (non-hydrogen) atoms. The number of nitrogens with zero attached hydrogens (tertiary/aromatic N) is 2. The predicted molar refractivity (Wildman–Crippen MR) is 70.8 cm³/mol. The third-order valence-corrected chi connectivity index (χ3v) is 3.59. The molecule has 10 heteroatoms. The summed E-state index contributed by atoms with van der Waals surface area (Å²) >= 11 is 0.982. The van der Waals surface area contributed by atoms with Crippen molar-refractivity contribution in [2.75, 3.05) is 12.4 Å². The van der Waals surface area contributed by atoms with Gasteiger partial charge in [0.1, 0.15) is 12.8 Å². The minimum Gasteiger partial charge on any atom is -0.465 e. The standard InChI is InChI=1S/C10H17N3O6S/c1-6(2)3-7(4-19-13(17)18)12(10(15)16)8-5-20-9(14)11-8/h6-8H,3-5H2,1-2H3,(H,11,14)(H,15,16)/t7-,8+/m0/s1. The van der Waals surface area contributed by atoms with Crippen LogP contribution in [0.5, 0.6) is 0 Å². The molecule has 1 fully saturated rings. The van der Waals surface area contributed by atoms with E-state index in [9.17, 15) is 24.8 Å². The molecule has 1 saturated heterocycles. The van der Waals surface area contributed by atoms with E-state index in [2.05, 4.69) is 10.2 Å². The minimum atomic E-state index is -1.24. The van der Waals surface area contributed by atoms with Crippen LogP contribution in [0, 0.1) is 16.0 Å². The van der Waals surface area contributed by atoms with Gasteiger partial charge in [0.05, 0.1) is 6.04 Å². The molecule has 0 aromatic heterocycles. The molecule has 0 aromatic carbocycles. The Kier molecular flexibility index (Phi) is 5.86. The molecule has 2 amide bonds. The van der Waals surface area contributed by atoms with Gasteiger partial charge in [-0.2, -0.15) is 0 Å². The summed E-state index contributed by atoms with van der Waals surface area (Å²) in [5, 5.41) is 20.9. The van der Waals surface area contributed by atoms with Gasteiger partial charge in [0, 0.05) is 5.75 Å². The van der Waals surface area contributed by atoms with E-state index in [1.165, 1.54) is 0 Å². The molecule has 0 bridgehead atoms. The van der Waals surface area contributed by atoms with Crippen molar-refractivity contribution in [3.63, 3.8) is 0 Å². The Morgan fingerprint density at radius 1 is 1.70 bits per heavy atom. The molecule has 0 aliphatic carbocycles. The van der Waals surface area contributed by atoms with Crippen LogP contribution >= 0.6 is 11.8 Å². The number of hydrogen-bond donors (Lipinski definition) is 2. The lowest BCUT2D eigenvalue weighted by Gasteiger charge is -2.33. The number of carbonyl (C=O) groups excluding carboxylic acids is 1. The quantitative estimate of drug-likeness (QED) is 0.538. The first-order chi connectivity index (χ1) is 9.31. The van der Waals surface area contributed by atoms with Gasteiger partial charge in [0.15, 0.2) is 0 Å². The van der Waals surface area contributed by atoms with E-state index in [0.29, 0.717) is 6.42 Å². The lowest BCUT2D eigenvalue weighted by Crippen LogP contribution is -2.54. The maximum atomic E-state index is 11.4. The monoisotopic (exact) mass is 307 g/mol. The van der Waals surface area contributed by atoms with Gasteiger partial charge in [0.2, 0.25) is 0 Å². The van der Waals surface area contributed by atoms with Crippen molar-refractivity contribution in [2.24, 2.45) is 5.92 Å². The normalized spacial score (nSPS) is 19.6. The molecule has 1 aliphatic rings. The van der Waals surface area contributed by atoms with Crippen LogP contribution < -0.4 is 5.32 Å². The molecule has 2 atom stereocenters. The zero-order valence-electron chi connectivity index (χ0n) is 11.1. The molecular weight excluding hydrogens is 290 g/mol. The molecular formula is C10H17N3O6S. The Balaban J connectivity index is 2.82. The number of amides is 2. The maximum Gasteiger partial charge on any atom is 0.409 e. The van der Waals surface area contributed by atoms with Crippen LogP contribution in [0.2, 0.25) is 0 Å². The Hall–Kier alpha value is -1.71. The SMILES string of the molecule is CC(C)C[C@@H](CO[N+](=O)[O-])N(C(=O)O)[C@@H]1CSC(=O)N1. The van der Waals surface area contributed by atoms with Gasteiger partial charge >= 0.3 is 6.09 Å². The first-order valence-electron chi connectivity index (χ1n) is 6.03. The first kappa shape index (κ1) is 16.3. The molecule has 0 aromatic rings. The van der Waals surface area contributed by atoms with Crippen LogP contribution in [0.1, 0.15) is 20.3 Å². The first-order valence-corrected chi connectivity index (χ1v) is 7.01. The lowest BCUT2D eigenvalue weighted by molar-refractivity contribution is -0.758. The number of carboxylic acid groups (broad SMARTS) is 1. The molecule has 0 radical (unpaired) electrons. The van der Waals surface area contributed by atoms with Gasteiger partial charge < -0.3 is 15.3 Å². The number of thioether (sulfide) groups is 1. The second-order valence-electron chi connectivity index (χ2n) is 4.75. The molecule has 0 unspecified atom stereocenters. The second-order valence-corrected chi connectivity index (χ2v) is 5.74. The van der Waals surface area contributed by atoms with Crippen LogP contribution in [0.3, 0.4) is 0 Å². The highest BCUT2D eigenvalue weighted by atomic mass is 32.2. The summed E-state index contributed by atoms with van der Waals surface area (Å²) in [5.41, 5.74) is 0. The number of rotatable bonds is 7. The van der Waals surface area contributed by atoms with E-state index in [4.69, 9.17) is 0 Å². The fourth-order valence-corrected chi connectivity index (χ4v) is 2.79. The third kappa shape index (κ3) is 4.76. The van der Waals surface area contributed by atoms with Gasteiger partial charge in [-0.05, 0) is 12.3 Å². The summed E-state index contributed by atoms with van der Waals surface area (Å²) in [5.74, 6) is 0.403. The third-order valence-electron chi connectivity index (χ3n) is 2.72. The number of nitrogens with one attached hydrogen (secondary N) is 1. The van der Waals surface area contributed by atoms with Crippen LogP contribution in [0.25, 0.3) is 0 Å². The van der Waals surface area contributed by atoms with E-state index in [-0.39, 0.29) is 23.5 Å². The lowest BCUT2D eigenvalue weighted by atomic mass is 10.0. The summed E-state index contributed by atoms with van der Waals surface area (Å²) in [6.45, 7) is 3.40. The van der Waals surface area contributed by atoms with Crippen LogP contribution in [0.4, 0.5) is 9.59 Å². The molecule has 114 valence electrons. The summed E-state index contributed by atoms with van der Waals surface area (Å²) < 4.78 is 0. The van der Waals surface area contributed by atoms with Gasteiger partial charge in [-0.3, -0.25) is 9.69 Å². The molecule has 0 spiro atoms. The van der Waals surface area contributed by atoms with Gasteiger partial charge in [-0.1, -0.05) is 25.6 Å². The largest absolute Gasteiger partial charge is 0.465 e. The summed E-state index contributed by atoms with van der Waals surface area (Å²) in [7, 11) is 0. The minimum absolute atomic E-state index is 0.127. The summed E-state index contributed by atoms with van der Waals surface area (Å²) in [6, 6.07) is -0.693. The number of carbonyl (C=O) groups is 2. The van der Waals surface area contributed by atoms with Crippen molar-refractivity contribution in [3.8, 4) is 0 Å². The molecule has 1 aliphatic heterocycles. The van der Waals surface area contributed by atoms with E-state index >= 15 is 0 Å². The second kappa shape index (κ2) is 7.17. The van der Waals surface area contributed by atoms with E-state index < -0.39 is 23.4 Å². The van der Waals surface area contributed by atoms with Gasteiger partial charge in [-0.25, -0.2) is 4.79 Å². The molecule has 9 nitrogen and oxygen atoms in total.